The van der Waals surface area contributed by atoms with E-state index in [0.29, 0.717) is 0 Å². The molecule has 0 amide bonds. The Morgan fingerprint density at radius 3 is 2.53 bits per heavy atom. The van der Waals surface area contributed by atoms with Gasteiger partial charge < -0.3 is 0 Å². The molecule has 0 aliphatic heterocycles. The average Bonchev–Trinajstić information content (AvgIpc) is 2.60. The summed E-state index contributed by atoms with van der Waals surface area (Å²) in [6, 6.07) is 13.0. The van der Waals surface area contributed by atoms with Crippen molar-refractivity contribution < 1.29 is 0 Å². The Kier molecular flexibility index (Phi) is 3.23. The maximum atomic E-state index is 2.34. The van der Waals surface area contributed by atoms with Crippen LogP contribution in [0, 0.1) is 0 Å². The molecule has 1 nitrogen and oxygen atoms in total. The minimum absolute atomic E-state index is 0.0410. The quantitative estimate of drug-likeness (QED) is 0.515. The number of nitrogens with zero attached hydrogens (tertiary/aromatic N) is 1. The smallest absolute Gasteiger partial charge is 0.0641 e. The van der Waals surface area contributed by atoms with Gasteiger partial charge in [-0.05, 0) is 35.9 Å². The number of likely N-dealkylation sites (N-methyl/N-ethyl adjacent to an activating group) is 1. The number of benzene rings is 2. The second kappa shape index (κ2) is 4.76. The van der Waals surface area contributed by atoms with E-state index >= 15 is 0 Å². The number of hydrogen-bond donors (Lipinski definition) is 0. The summed E-state index contributed by atoms with van der Waals surface area (Å²) in [4.78, 5) is 0. The van der Waals surface area contributed by atoms with Gasteiger partial charge in [-0.2, -0.15) is 0 Å². The van der Waals surface area contributed by atoms with Crippen LogP contribution in [0.5, 0.6) is 0 Å². The van der Waals surface area contributed by atoms with Crippen LogP contribution < -0.4 is 0 Å². The highest BCUT2D eigenvalue weighted by Crippen LogP contribution is 2.31. The molecule has 2 aromatic rings. The average molecular weight is 361 g/mol. The van der Waals surface area contributed by atoms with Gasteiger partial charge in [0.15, 0.2) is 0 Å². The molecular weight excluding hydrogens is 345 g/mol. The summed E-state index contributed by atoms with van der Waals surface area (Å²) in [5.74, 6) is 0. The van der Waals surface area contributed by atoms with Crippen molar-refractivity contribution in [3.8, 4) is 0 Å². The van der Waals surface area contributed by atoms with Crippen LogP contribution in [0.15, 0.2) is 48.6 Å². The normalized spacial score (nSPS) is 21.7. The zero-order chi connectivity index (χ0) is 13.5. The first-order valence-corrected chi connectivity index (χ1v) is 7.36. The standard InChI is InChI=1S/C17H16IN/c1-17(19(2)18)11-9-14-8-7-13-5-3-4-6-15(13)16(14)10-12-17/h3-12H,1-2H3. The van der Waals surface area contributed by atoms with Crippen LogP contribution in [-0.2, 0) is 0 Å². The Morgan fingerprint density at radius 1 is 1.00 bits per heavy atom. The summed E-state index contributed by atoms with van der Waals surface area (Å²) < 4.78 is 2.20. The Balaban J connectivity index is 2.23. The van der Waals surface area contributed by atoms with Gasteiger partial charge in [0.2, 0.25) is 0 Å². The molecule has 0 saturated carbocycles. The third-order valence-corrected chi connectivity index (χ3v) is 4.90. The molecule has 3 rings (SSSR count). The molecule has 0 heterocycles. The van der Waals surface area contributed by atoms with Crippen LogP contribution in [0.25, 0.3) is 22.9 Å². The van der Waals surface area contributed by atoms with E-state index in [9.17, 15) is 0 Å². The first kappa shape index (κ1) is 12.9. The SMILES string of the molecule is CN(I)C1(C)C=Cc2ccc3ccccc3c2C=C1. The van der Waals surface area contributed by atoms with Crippen molar-refractivity contribution in [1.82, 2.24) is 3.11 Å². The van der Waals surface area contributed by atoms with Gasteiger partial charge in [-0.1, -0.05) is 60.7 Å². The molecule has 2 aromatic carbocycles. The van der Waals surface area contributed by atoms with E-state index < -0.39 is 0 Å². The van der Waals surface area contributed by atoms with E-state index in [1.165, 1.54) is 21.9 Å². The summed E-state index contributed by atoms with van der Waals surface area (Å²) in [6.07, 6.45) is 9.02. The van der Waals surface area contributed by atoms with Crippen molar-refractivity contribution in [2.24, 2.45) is 0 Å². The molecule has 0 fully saturated rings. The van der Waals surface area contributed by atoms with Crippen LogP contribution in [0.4, 0.5) is 0 Å². The molecule has 0 spiro atoms. The van der Waals surface area contributed by atoms with E-state index in [1.807, 2.05) is 0 Å². The monoisotopic (exact) mass is 361 g/mol. The molecule has 0 radical (unpaired) electrons. The Labute approximate surface area is 128 Å². The molecule has 0 N–H and O–H groups in total. The molecule has 1 aliphatic rings. The highest BCUT2D eigenvalue weighted by atomic mass is 127. The van der Waals surface area contributed by atoms with Gasteiger partial charge in [-0.3, -0.25) is 0 Å². The van der Waals surface area contributed by atoms with Crippen molar-refractivity contribution in [1.29, 1.82) is 0 Å². The van der Waals surface area contributed by atoms with Crippen molar-refractivity contribution in [3.63, 3.8) is 0 Å². The second-order valence-electron chi connectivity index (χ2n) is 5.16. The molecular formula is C17H16IN. The van der Waals surface area contributed by atoms with Gasteiger partial charge in [-0.25, -0.2) is 3.11 Å². The first-order valence-electron chi connectivity index (χ1n) is 6.40. The van der Waals surface area contributed by atoms with E-state index in [1.54, 1.807) is 0 Å². The van der Waals surface area contributed by atoms with Crippen molar-refractivity contribution in [2.75, 3.05) is 7.05 Å². The third kappa shape index (κ3) is 2.23. The van der Waals surface area contributed by atoms with E-state index in [2.05, 4.69) is 101 Å². The first-order chi connectivity index (χ1) is 9.10. The fourth-order valence-corrected chi connectivity index (χ4v) is 2.74. The van der Waals surface area contributed by atoms with Gasteiger partial charge in [0.1, 0.15) is 0 Å². The summed E-state index contributed by atoms with van der Waals surface area (Å²) in [5.41, 5.74) is 2.56. The predicted octanol–water partition coefficient (Wildman–Crippen LogP) is 4.92. The fraction of sp³-hybridized carbons (Fsp3) is 0.176. The van der Waals surface area contributed by atoms with Gasteiger partial charge in [0.05, 0.1) is 5.54 Å². The van der Waals surface area contributed by atoms with Gasteiger partial charge >= 0.3 is 0 Å². The Bertz CT molecular complexity index is 685. The summed E-state index contributed by atoms with van der Waals surface area (Å²) in [5, 5.41) is 2.62. The minimum Gasteiger partial charge on any atom is -0.237 e. The van der Waals surface area contributed by atoms with Crippen LogP contribution in [0.1, 0.15) is 18.1 Å². The lowest BCUT2D eigenvalue weighted by atomic mass is 9.99. The molecule has 1 atom stereocenters. The maximum Gasteiger partial charge on any atom is 0.0641 e. The number of halogens is 1. The highest BCUT2D eigenvalue weighted by Gasteiger charge is 2.23. The molecule has 19 heavy (non-hydrogen) atoms. The zero-order valence-corrected chi connectivity index (χ0v) is 13.3. The fourth-order valence-electron chi connectivity index (χ4n) is 2.42. The van der Waals surface area contributed by atoms with E-state index in [0.717, 1.165) is 0 Å². The van der Waals surface area contributed by atoms with Crippen LogP contribution in [-0.4, -0.2) is 15.7 Å². The molecule has 1 aliphatic carbocycles. The van der Waals surface area contributed by atoms with Crippen LogP contribution in [0.2, 0.25) is 0 Å². The minimum atomic E-state index is -0.0410. The third-order valence-electron chi connectivity index (χ3n) is 3.86. The molecule has 0 bridgehead atoms. The highest BCUT2D eigenvalue weighted by molar-refractivity contribution is 14.1. The van der Waals surface area contributed by atoms with Crippen molar-refractivity contribution >= 4 is 45.8 Å². The molecule has 0 saturated heterocycles. The molecule has 2 heteroatoms. The van der Waals surface area contributed by atoms with Crippen molar-refractivity contribution in [3.05, 3.63) is 59.7 Å². The van der Waals surface area contributed by atoms with E-state index in [4.69, 9.17) is 0 Å². The molecule has 0 aromatic heterocycles. The summed E-state index contributed by atoms with van der Waals surface area (Å²) in [6.45, 7) is 2.22. The number of rotatable bonds is 1. The predicted molar refractivity (Wildman–Crippen MR) is 92.2 cm³/mol. The van der Waals surface area contributed by atoms with Gasteiger partial charge in [0.25, 0.3) is 0 Å². The van der Waals surface area contributed by atoms with E-state index in [-0.39, 0.29) is 5.54 Å². The molecule has 96 valence electrons. The van der Waals surface area contributed by atoms with Crippen molar-refractivity contribution in [2.45, 2.75) is 12.5 Å². The topological polar surface area (TPSA) is 3.24 Å². The zero-order valence-electron chi connectivity index (χ0n) is 11.1. The van der Waals surface area contributed by atoms with Gasteiger partial charge in [0, 0.05) is 22.9 Å². The van der Waals surface area contributed by atoms with Crippen LogP contribution >= 0.6 is 22.9 Å². The van der Waals surface area contributed by atoms with Gasteiger partial charge in [-0.15, -0.1) is 0 Å². The Hall–Kier alpha value is -1.13. The van der Waals surface area contributed by atoms with Crippen LogP contribution in [0.3, 0.4) is 0 Å². The summed E-state index contributed by atoms with van der Waals surface area (Å²) in [7, 11) is 2.10. The second-order valence-corrected chi connectivity index (χ2v) is 6.61. The molecule has 1 unspecified atom stereocenters. The number of hydrogen-bond acceptors (Lipinski definition) is 1. The lowest BCUT2D eigenvalue weighted by Crippen LogP contribution is -2.32. The lowest BCUT2D eigenvalue weighted by Gasteiger charge is -2.27. The Morgan fingerprint density at radius 2 is 1.74 bits per heavy atom. The lowest BCUT2D eigenvalue weighted by molar-refractivity contribution is 0.443. The maximum absolute atomic E-state index is 2.34. The largest absolute Gasteiger partial charge is 0.237 e. The number of fused-ring (bicyclic) bond motifs is 3. The summed E-state index contributed by atoms with van der Waals surface area (Å²) >= 11 is 2.34.